The van der Waals surface area contributed by atoms with Gasteiger partial charge in [0.25, 0.3) is 0 Å². The number of aromatic nitrogens is 1. The van der Waals surface area contributed by atoms with Crippen molar-refractivity contribution < 1.29 is 17.7 Å². The van der Waals surface area contributed by atoms with Gasteiger partial charge in [-0.2, -0.15) is 0 Å². The first-order valence-corrected chi connectivity index (χ1v) is 9.36. The minimum atomic E-state index is -3.56. The minimum Gasteiger partial charge on any atom is -0.361 e. The van der Waals surface area contributed by atoms with Crippen LogP contribution in [0, 0.1) is 6.92 Å². The Hall–Kier alpha value is -1.37. The van der Waals surface area contributed by atoms with E-state index in [2.05, 4.69) is 5.16 Å². The molecule has 0 spiro atoms. The molecule has 0 bridgehead atoms. The van der Waals surface area contributed by atoms with Gasteiger partial charge in [0, 0.05) is 17.6 Å². The molecule has 22 heavy (non-hydrogen) atoms. The van der Waals surface area contributed by atoms with Crippen molar-refractivity contribution >= 4 is 15.7 Å². The number of aryl methyl sites for hydroxylation is 2. The van der Waals surface area contributed by atoms with Gasteiger partial charge in [0.2, 0.25) is 5.91 Å². The van der Waals surface area contributed by atoms with Crippen LogP contribution < -0.4 is 0 Å². The molecule has 1 rings (SSSR count). The third-order valence-electron chi connectivity index (χ3n) is 3.51. The van der Waals surface area contributed by atoms with Gasteiger partial charge in [0.15, 0.2) is 9.84 Å². The molecule has 1 aromatic heterocycles. The van der Waals surface area contributed by atoms with Crippen LogP contribution in [0.4, 0.5) is 0 Å². The molecular formula is C15H26N2O4S. The first-order valence-electron chi connectivity index (χ1n) is 7.54. The smallest absolute Gasteiger partial charge is 0.238 e. The lowest BCUT2D eigenvalue weighted by Crippen LogP contribution is -2.45. The standard InChI is InChI=1S/C15H26N2O4S/c1-7-14-13(12(6)21-16-14)8-22(19,20)9-15(18)17(10(2)3)11(4)5/h10-11H,7-9H2,1-6H3. The van der Waals surface area contributed by atoms with E-state index in [4.69, 9.17) is 4.52 Å². The molecule has 6 nitrogen and oxygen atoms in total. The summed E-state index contributed by atoms with van der Waals surface area (Å²) in [6.07, 6.45) is 0.597. The number of nitrogens with zero attached hydrogens (tertiary/aromatic N) is 2. The van der Waals surface area contributed by atoms with Crippen LogP contribution >= 0.6 is 0 Å². The highest BCUT2D eigenvalue weighted by Crippen LogP contribution is 2.18. The van der Waals surface area contributed by atoms with Crippen LogP contribution in [-0.4, -0.2) is 42.2 Å². The lowest BCUT2D eigenvalue weighted by molar-refractivity contribution is -0.131. The Morgan fingerprint density at radius 1 is 1.23 bits per heavy atom. The Balaban J connectivity index is 2.92. The molecule has 0 unspecified atom stereocenters. The molecule has 0 radical (unpaired) electrons. The number of carbonyl (C=O) groups excluding carboxylic acids is 1. The highest BCUT2D eigenvalue weighted by Gasteiger charge is 2.27. The zero-order valence-electron chi connectivity index (χ0n) is 14.2. The van der Waals surface area contributed by atoms with Gasteiger partial charge < -0.3 is 9.42 Å². The van der Waals surface area contributed by atoms with Crippen LogP contribution in [0.3, 0.4) is 0 Å². The summed E-state index contributed by atoms with van der Waals surface area (Å²) in [5.41, 5.74) is 1.22. The van der Waals surface area contributed by atoms with Crippen molar-refractivity contribution in [2.75, 3.05) is 5.75 Å². The van der Waals surface area contributed by atoms with Crippen molar-refractivity contribution in [3.8, 4) is 0 Å². The lowest BCUT2D eigenvalue weighted by Gasteiger charge is -2.30. The molecular weight excluding hydrogens is 304 g/mol. The van der Waals surface area contributed by atoms with Gasteiger partial charge in [-0.1, -0.05) is 12.1 Å². The molecule has 0 atom stereocenters. The van der Waals surface area contributed by atoms with Crippen LogP contribution in [0.15, 0.2) is 4.52 Å². The SMILES string of the molecule is CCc1noc(C)c1CS(=O)(=O)CC(=O)N(C(C)C)C(C)C. The first-order chi connectivity index (χ1) is 10.1. The number of sulfone groups is 1. The third kappa shape index (κ3) is 4.56. The zero-order chi connectivity index (χ0) is 17.1. The highest BCUT2D eigenvalue weighted by atomic mass is 32.2. The molecule has 1 aromatic rings. The Kier molecular flexibility index (Phi) is 6.17. The van der Waals surface area contributed by atoms with Crippen molar-refractivity contribution in [3.63, 3.8) is 0 Å². The van der Waals surface area contributed by atoms with E-state index >= 15 is 0 Å². The van der Waals surface area contributed by atoms with Crippen molar-refractivity contribution in [1.29, 1.82) is 0 Å². The summed E-state index contributed by atoms with van der Waals surface area (Å²) in [5.74, 6) is -0.562. The van der Waals surface area contributed by atoms with Gasteiger partial charge in [0.1, 0.15) is 11.5 Å². The number of hydrogen-bond acceptors (Lipinski definition) is 5. The van der Waals surface area contributed by atoms with Crippen molar-refractivity contribution in [1.82, 2.24) is 10.1 Å². The molecule has 126 valence electrons. The van der Waals surface area contributed by atoms with Crippen LogP contribution in [0.1, 0.15) is 51.6 Å². The lowest BCUT2D eigenvalue weighted by atomic mass is 10.2. The maximum atomic E-state index is 12.4. The third-order valence-corrected chi connectivity index (χ3v) is 4.92. The molecule has 0 saturated carbocycles. The van der Waals surface area contributed by atoms with Crippen molar-refractivity contribution in [2.45, 2.75) is 65.8 Å². The second kappa shape index (κ2) is 7.26. The maximum absolute atomic E-state index is 12.4. The number of rotatable bonds is 7. The predicted octanol–water partition coefficient (Wildman–Crippen LogP) is 2.11. The molecule has 0 aliphatic carbocycles. The molecule has 1 amide bonds. The van der Waals surface area contributed by atoms with E-state index in [1.165, 1.54) is 0 Å². The summed E-state index contributed by atoms with van der Waals surface area (Å²) in [6, 6.07) is -0.0718. The van der Waals surface area contributed by atoms with Gasteiger partial charge in [0.05, 0.1) is 11.4 Å². The summed E-state index contributed by atoms with van der Waals surface area (Å²) < 4.78 is 29.8. The monoisotopic (exact) mass is 330 g/mol. The maximum Gasteiger partial charge on any atom is 0.238 e. The molecule has 0 saturated heterocycles. The van der Waals surface area contributed by atoms with Crippen LogP contribution in [0.2, 0.25) is 0 Å². The molecule has 0 N–H and O–H groups in total. The van der Waals surface area contributed by atoms with E-state index in [0.29, 0.717) is 23.4 Å². The van der Waals surface area contributed by atoms with Crippen LogP contribution in [0.5, 0.6) is 0 Å². The van der Waals surface area contributed by atoms with Crippen LogP contribution in [0.25, 0.3) is 0 Å². The number of carbonyl (C=O) groups is 1. The summed E-state index contributed by atoms with van der Waals surface area (Å²) in [5, 5.41) is 3.85. The Morgan fingerprint density at radius 3 is 2.23 bits per heavy atom. The van der Waals surface area contributed by atoms with Crippen molar-refractivity contribution in [2.24, 2.45) is 0 Å². The second-order valence-corrected chi connectivity index (χ2v) is 8.10. The average molecular weight is 330 g/mol. The average Bonchev–Trinajstić information content (AvgIpc) is 2.67. The quantitative estimate of drug-likeness (QED) is 0.765. The van der Waals surface area contributed by atoms with Crippen LogP contribution in [-0.2, 0) is 26.8 Å². The van der Waals surface area contributed by atoms with Gasteiger partial charge in [-0.15, -0.1) is 0 Å². The molecule has 0 fully saturated rings. The Labute approximate surface area is 132 Å². The summed E-state index contributed by atoms with van der Waals surface area (Å²) in [6.45, 7) is 11.1. The molecule has 0 aromatic carbocycles. The molecule has 0 aliphatic heterocycles. The van der Waals surface area contributed by atoms with Crippen molar-refractivity contribution in [3.05, 3.63) is 17.0 Å². The first kappa shape index (κ1) is 18.7. The fourth-order valence-corrected chi connectivity index (χ4v) is 4.04. The fraction of sp³-hybridized carbons (Fsp3) is 0.733. The Bertz CT molecular complexity index is 609. The largest absolute Gasteiger partial charge is 0.361 e. The van der Waals surface area contributed by atoms with Gasteiger partial charge in [-0.3, -0.25) is 4.79 Å². The second-order valence-electron chi connectivity index (χ2n) is 6.04. The van der Waals surface area contributed by atoms with E-state index in [1.807, 2.05) is 34.6 Å². The zero-order valence-corrected chi connectivity index (χ0v) is 15.0. The summed E-state index contributed by atoms with van der Waals surface area (Å²) in [4.78, 5) is 13.9. The van der Waals surface area contributed by atoms with E-state index in [9.17, 15) is 13.2 Å². The van der Waals surface area contributed by atoms with E-state index < -0.39 is 15.6 Å². The Morgan fingerprint density at radius 2 is 1.77 bits per heavy atom. The van der Waals surface area contributed by atoms with Gasteiger partial charge in [-0.05, 0) is 41.0 Å². The molecule has 0 aliphatic rings. The summed E-state index contributed by atoms with van der Waals surface area (Å²) >= 11 is 0. The number of amides is 1. The minimum absolute atomic E-state index is 0.0359. The highest BCUT2D eigenvalue weighted by molar-refractivity contribution is 7.91. The van der Waals surface area contributed by atoms with Gasteiger partial charge >= 0.3 is 0 Å². The topological polar surface area (TPSA) is 80.5 Å². The van der Waals surface area contributed by atoms with E-state index in [-0.39, 0.29) is 23.7 Å². The summed E-state index contributed by atoms with van der Waals surface area (Å²) in [7, 11) is -3.56. The normalized spacial score (nSPS) is 12.2. The molecule has 7 heteroatoms. The van der Waals surface area contributed by atoms with Gasteiger partial charge in [-0.25, -0.2) is 8.42 Å². The predicted molar refractivity (Wildman–Crippen MR) is 85.2 cm³/mol. The fourth-order valence-electron chi connectivity index (χ4n) is 2.61. The number of hydrogen-bond donors (Lipinski definition) is 0. The van der Waals surface area contributed by atoms with E-state index in [0.717, 1.165) is 0 Å². The molecule has 1 heterocycles. The van der Waals surface area contributed by atoms with E-state index in [1.54, 1.807) is 11.8 Å².